The van der Waals surface area contributed by atoms with E-state index in [-0.39, 0.29) is 11.8 Å². The molecule has 0 saturated heterocycles. The van der Waals surface area contributed by atoms with Crippen molar-refractivity contribution >= 4 is 23.2 Å². The Morgan fingerprint density at radius 3 is 2.42 bits per heavy atom. The van der Waals surface area contributed by atoms with E-state index in [1.807, 2.05) is 18.2 Å². The van der Waals surface area contributed by atoms with Crippen molar-refractivity contribution in [3.8, 4) is 5.75 Å². The zero-order chi connectivity index (χ0) is 17.7. The van der Waals surface area contributed by atoms with E-state index in [1.54, 1.807) is 31.4 Å². The number of methoxy groups -OCH3 is 1. The molecule has 0 atom stereocenters. The summed E-state index contributed by atoms with van der Waals surface area (Å²) < 4.78 is 5.38. The van der Waals surface area contributed by atoms with Gasteiger partial charge in [-0.3, -0.25) is 9.59 Å². The molecule has 0 aliphatic heterocycles. The molecule has 0 aliphatic carbocycles. The first-order valence-corrected chi connectivity index (χ1v) is 7.77. The van der Waals surface area contributed by atoms with Gasteiger partial charge in [-0.1, -0.05) is 26.0 Å². The summed E-state index contributed by atoms with van der Waals surface area (Å²) >= 11 is 0. The Bertz CT molecular complexity index is 754. The maximum absolute atomic E-state index is 12.5. The van der Waals surface area contributed by atoms with E-state index < -0.39 is 0 Å². The minimum atomic E-state index is -0.266. The number of ether oxygens (including phenoxy) is 1. The van der Waals surface area contributed by atoms with Crippen molar-refractivity contribution in [1.29, 1.82) is 0 Å². The van der Waals surface area contributed by atoms with Crippen molar-refractivity contribution in [2.24, 2.45) is 0 Å². The van der Waals surface area contributed by atoms with Crippen LogP contribution in [-0.2, 0) is 4.79 Å². The molecule has 2 amide bonds. The summed E-state index contributed by atoms with van der Waals surface area (Å²) in [6.45, 7) is 5.62. The van der Waals surface area contributed by atoms with Gasteiger partial charge in [-0.25, -0.2) is 0 Å². The molecule has 2 aromatic carbocycles. The Balaban J connectivity index is 2.22. The Labute approximate surface area is 142 Å². The van der Waals surface area contributed by atoms with E-state index >= 15 is 0 Å². The number of rotatable bonds is 5. The molecule has 0 aromatic heterocycles. The number of amides is 2. The number of hydrogen-bond donors (Lipinski definition) is 2. The number of benzene rings is 2. The molecule has 5 nitrogen and oxygen atoms in total. The highest BCUT2D eigenvalue weighted by atomic mass is 16.5. The summed E-state index contributed by atoms with van der Waals surface area (Å²) in [4.78, 5) is 23.6. The van der Waals surface area contributed by atoms with Gasteiger partial charge in [0.15, 0.2) is 0 Å². The first-order chi connectivity index (χ1) is 11.4. The van der Waals surface area contributed by atoms with Crippen LogP contribution in [0.2, 0.25) is 0 Å². The summed E-state index contributed by atoms with van der Waals surface area (Å²) in [5.74, 6) is 0.543. The van der Waals surface area contributed by atoms with Crippen LogP contribution in [0.25, 0.3) is 0 Å². The van der Waals surface area contributed by atoms with Gasteiger partial charge >= 0.3 is 0 Å². The van der Waals surface area contributed by atoms with Gasteiger partial charge in [0, 0.05) is 18.2 Å². The van der Waals surface area contributed by atoms with Gasteiger partial charge in [0.1, 0.15) is 5.75 Å². The van der Waals surface area contributed by atoms with Crippen molar-refractivity contribution in [2.45, 2.75) is 26.7 Å². The predicted octanol–water partition coefficient (Wildman–Crippen LogP) is 4.03. The monoisotopic (exact) mass is 326 g/mol. The first kappa shape index (κ1) is 17.5. The Hall–Kier alpha value is -2.82. The topological polar surface area (TPSA) is 67.4 Å². The van der Waals surface area contributed by atoms with Crippen LogP contribution in [-0.4, -0.2) is 18.9 Å². The summed E-state index contributed by atoms with van der Waals surface area (Å²) in [5.41, 5.74) is 2.78. The first-order valence-electron chi connectivity index (χ1n) is 7.77. The second kappa shape index (κ2) is 7.64. The third-order valence-corrected chi connectivity index (χ3v) is 3.59. The maximum Gasteiger partial charge on any atom is 0.255 e. The number of anilines is 2. The molecule has 0 bridgehead atoms. The highest BCUT2D eigenvalue weighted by Crippen LogP contribution is 2.29. The standard InChI is InChI=1S/C19H22N2O3/c1-12(2)14-8-9-17(18(11-14)24-4)21-19(23)15-6-5-7-16(10-15)20-13(3)22/h5-12H,1-4H3,(H,20,22)(H,21,23). The fourth-order valence-electron chi connectivity index (χ4n) is 2.31. The number of carbonyl (C=O) groups excluding carboxylic acids is 2. The molecular formula is C19H22N2O3. The highest BCUT2D eigenvalue weighted by Gasteiger charge is 2.12. The normalized spacial score (nSPS) is 10.4. The molecule has 126 valence electrons. The molecule has 0 spiro atoms. The smallest absolute Gasteiger partial charge is 0.255 e. The van der Waals surface area contributed by atoms with Crippen LogP contribution in [0.15, 0.2) is 42.5 Å². The zero-order valence-electron chi connectivity index (χ0n) is 14.3. The predicted molar refractivity (Wildman–Crippen MR) is 95.8 cm³/mol. The summed E-state index contributed by atoms with van der Waals surface area (Å²) in [5, 5.41) is 5.51. The molecule has 5 heteroatoms. The van der Waals surface area contributed by atoms with Gasteiger partial charge in [0.05, 0.1) is 12.8 Å². The van der Waals surface area contributed by atoms with Crippen molar-refractivity contribution < 1.29 is 14.3 Å². The highest BCUT2D eigenvalue weighted by molar-refractivity contribution is 6.06. The van der Waals surface area contributed by atoms with Crippen LogP contribution in [0, 0.1) is 0 Å². The Morgan fingerprint density at radius 1 is 1.04 bits per heavy atom. The summed E-state index contributed by atoms with van der Waals surface area (Å²) in [6, 6.07) is 12.5. The summed E-state index contributed by atoms with van der Waals surface area (Å²) in [6.07, 6.45) is 0. The zero-order valence-corrected chi connectivity index (χ0v) is 14.3. The minimum Gasteiger partial charge on any atom is -0.495 e. The lowest BCUT2D eigenvalue weighted by Gasteiger charge is -2.14. The molecule has 0 fully saturated rings. The van der Waals surface area contributed by atoms with Crippen molar-refractivity contribution in [1.82, 2.24) is 0 Å². The van der Waals surface area contributed by atoms with Crippen LogP contribution in [0.3, 0.4) is 0 Å². The fourth-order valence-corrected chi connectivity index (χ4v) is 2.31. The van der Waals surface area contributed by atoms with E-state index in [9.17, 15) is 9.59 Å². The largest absolute Gasteiger partial charge is 0.495 e. The van der Waals surface area contributed by atoms with Crippen molar-refractivity contribution in [3.63, 3.8) is 0 Å². The molecule has 0 heterocycles. The van der Waals surface area contributed by atoms with E-state index in [0.29, 0.717) is 28.6 Å². The molecule has 2 rings (SSSR count). The van der Waals surface area contributed by atoms with E-state index in [1.165, 1.54) is 6.92 Å². The molecule has 0 saturated carbocycles. The van der Waals surface area contributed by atoms with Crippen LogP contribution < -0.4 is 15.4 Å². The third-order valence-electron chi connectivity index (χ3n) is 3.59. The lowest BCUT2D eigenvalue weighted by atomic mass is 10.0. The molecule has 2 aromatic rings. The van der Waals surface area contributed by atoms with Crippen LogP contribution in [0.4, 0.5) is 11.4 Å². The molecule has 2 N–H and O–H groups in total. The molecule has 0 radical (unpaired) electrons. The van der Waals surface area contributed by atoms with Gasteiger partial charge in [-0.2, -0.15) is 0 Å². The van der Waals surface area contributed by atoms with Crippen LogP contribution >= 0.6 is 0 Å². The molecule has 24 heavy (non-hydrogen) atoms. The van der Waals surface area contributed by atoms with Crippen LogP contribution in [0.1, 0.15) is 42.6 Å². The van der Waals surface area contributed by atoms with Gasteiger partial charge in [-0.15, -0.1) is 0 Å². The third kappa shape index (κ3) is 4.35. The van der Waals surface area contributed by atoms with Crippen LogP contribution in [0.5, 0.6) is 5.75 Å². The van der Waals surface area contributed by atoms with E-state index in [2.05, 4.69) is 24.5 Å². The molecular weight excluding hydrogens is 304 g/mol. The van der Waals surface area contributed by atoms with E-state index in [0.717, 1.165) is 5.56 Å². The minimum absolute atomic E-state index is 0.182. The average molecular weight is 326 g/mol. The number of nitrogens with one attached hydrogen (secondary N) is 2. The average Bonchev–Trinajstić information content (AvgIpc) is 2.54. The van der Waals surface area contributed by atoms with Gasteiger partial charge < -0.3 is 15.4 Å². The van der Waals surface area contributed by atoms with Gasteiger partial charge in [0.25, 0.3) is 5.91 Å². The van der Waals surface area contributed by atoms with Gasteiger partial charge in [0.2, 0.25) is 5.91 Å². The Kier molecular flexibility index (Phi) is 5.58. The molecule has 0 aliphatic rings. The summed E-state index contributed by atoms with van der Waals surface area (Å²) in [7, 11) is 1.58. The molecule has 0 unspecified atom stereocenters. The number of carbonyl (C=O) groups is 2. The van der Waals surface area contributed by atoms with Gasteiger partial charge in [-0.05, 0) is 41.8 Å². The Morgan fingerprint density at radius 2 is 1.79 bits per heavy atom. The quantitative estimate of drug-likeness (QED) is 0.871. The fraction of sp³-hybridized carbons (Fsp3) is 0.263. The second-order valence-electron chi connectivity index (χ2n) is 5.83. The van der Waals surface area contributed by atoms with E-state index in [4.69, 9.17) is 4.74 Å². The number of hydrogen-bond acceptors (Lipinski definition) is 3. The lowest BCUT2D eigenvalue weighted by Crippen LogP contribution is -2.14. The van der Waals surface area contributed by atoms with Crippen molar-refractivity contribution in [2.75, 3.05) is 17.7 Å². The SMILES string of the molecule is COc1cc(C(C)C)ccc1NC(=O)c1cccc(NC(C)=O)c1. The lowest BCUT2D eigenvalue weighted by molar-refractivity contribution is -0.114. The maximum atomic E-state index is 12.5. The van der Waals surface area contributed by atoms with Crippen molar-refractivity contribution in [3.05, 3.63) is 53.6 Å². The second-order valence-corrected chi connectivity index (χ2v) is 5.83.